The van der Waals surface area contributed by atoms with E-state index in [0.717, 1.165) is 13.1 Å². The van der Waals surface area contributed by atoms with Gasteiger partial charge in [-0.1, -0.05) is 0 Å². The van der Waals surface area contributed by atoms with Gasteiger partial charge in [-0.3, -0.25) is 0 Å². The number of nitrogens with one attached hydrogen (secondary N) is 3. The van der Waals surface area contributed by atoms with Crippen molar-refractivity contribution < 1.29 is 9.84 Å². The fourth-order valence-electron chi connectivity index (χ4n) is 2.60. The second-order valence-electron chi connectivity index (χ2n) is 6.65. The third kappa shape index (κ3) is 5.07. The van der Waals surface area contributed by atoms with E-state index in [4.69, 9.17) is 10.00 Å². The third-order valence-electron chi connectivity index (χ3n) is 3.92. The lowest BCUT2D eigenvalue weighted by Crippen LogP contribution is -2.42. The maximum absolute atomic E-state index is 10.4. The molecule has 4 N–H and O–H groups in total. The van der Waals surface area contributed by atoms with Crippen LogP contribution in [0.4, 0.5) is 17.3 Å². The molecule has 1 aliphatic rings. The van der Waals surface area contributed by atoms with E-state index < -0.39 is 5.60 Å². The fourth-order valence-corrected chi connectivity index (χ4v) is 2.60. The van der Waals surface area contributed by atoms with Crippen LogP contribution >= 0.6 is 0 Å². The zero-order valence-corrected chi connectivity index (χ0v) is 15.2. The highest BCUT2D eigenvalue weighted by Gasteiger charge is 2.24. The van der Waals surface area contributed by atoms with Gasteiger partial charge in [-0.15, -0.1) is 10.2 Å². The molecule has 2 aromatic rings. The van der Waals surface area contributed by atoms with Gasteiger partial charge in [0.05, 0.1) is 30.8 Å². The number of morpholine rings is 1. The molecule has 1 saturated heterocycles. The Morgan fingerprint density at radius 2 is 2.19 bits per heavy atom. The summed E-state index contributed by atoms with van der Waals surface area (Å²) in [5.74, 6) is 0.872. The van der Waals surface area contributed by atoms with Crippen molar-refractivity contribution in [2.45, 2.75) is 25.6 Å². The SMILES string of the molecule is CC(C)(O)c1nnc(Nc2cnc(C#N)cn2)cc1NC[C@@H]1CNCCO1. The monoisotopic (exact) mass is 370 g/mol. The van der Waals surface area contributed by atoms with Gasteiger partial charge in [-0.05, 0) is 13.8 Å². The van der Waals surface area contributed by atoms with E-state index in [0.29, 0.717) is 36.2 Å². The van der Waals surface area contributed by atoms with Gasteiger partial charge < -0.3 is 25.8 Å². The molecule has 142 valence electrons. The molecule has 1 fully saturated rings. The normalized spacial score (nSPS) is 17.2. The number of aliphatic hydroxyl groups is 1. The summed E-state index contributed by atoms with van der Waals surface area (Å²) in [6.07, 6.45) is 2.84. The molecule has 3 heterocycles. The van der Waals surface area contributed by atoms with Crippen molar-refractivity contribution in [3.05, 3.63) is 29.8 Å². The van der Waals surface area contributed by atoms with Crippen LogP contribution in [0.1, 0.15) is 25.2 Å². The maximum atomic E-state index is 10.4. The molecule has 2 aromatic heterocycles. The molecule has 0 bridgehead atoms. The summed E-state index contributed by atoms with van der Waals surface area (Å²) in [7, 11) is 0. The lowest BCUT2D eigenvalue weighted by Gasteiger charge is -2.26. The highest BCUT2D eigenvalue weighted by atomic mass is 16.5. The van der Waals surface area contributed by atoms with Gasteiger partial charge in [-0.2, -0.15) is 5.26 Å². The van der Waals surface area contributed by atoms with Crippen molar-refractivity contribution in [1.29, 1.82) is 5.26 Å². The number of nitrogens with zero attached hydrogens (tertiary/aromatic N) is 5. The maximum Gasteiger partial charge on any atom is 0.158 e. The van der Waals surface area contributed by atoms with Crippen LogP contribution in [0.25, 0.3) is 0 Å². The average molecular weight is 370 g/mol. The number of nitriles is 1. The number of aromatic nitrogens is 4. The molecule has 3 rings (SSSR count). The highest BCUT2D eigenvalue weighted by Crippen LogP contribution is 2.27. The van der Waals surface area contributed by atoms with Crippen molar-refractivity contribution in [3.63, 3.8) is 0 Å². The van der Waals surface area contributed by atoms with Gasteiger partial charge in [0.2, 0.25) is 0 Å². The first-order valence-electron chi connectivity index (χ1n) is 8.61. The largest absolute Gasteiger partial charge is 0.384 e. The molecular weight excluding hydrogens is 348 g/mol. The second-order valence-corrected chi connectivity index (χ2v) is 6.65. The zero-order valence-electron chi connectivity index (χ0n) is 15.2. The van der Waals surface area contributed by atoms with Crippen LogP contribution in [-0.2, 0) is 10.3 Å². The molecule has 1 atom stereocenters. The van der Waals surface area contributed by atoms with Crippen LogP contribution in [-0.4, -0.2) is 57.6 Å². The van der Waals surface area contributed by atoms with Crippen LogP contribution < -0.4 is 16.0 Å². The molecule has 0 unspecified atom stereocenters. The zero-order chi connectivity index (χ0) is 19.3. The van der Waals surface area contributed by atoms with Crippen LogP contribution in [0.5, 0.6) is 0 Å². The van der Waals surface area contributed by atoms with E-state index in [2.05, 4.69) is 36.1 Å². The summed E-state index contributed by atoms with van der Waals surface area (Å²) < 4.78 is 5.69. The lowest BCUT2D eigenvalue weighted by molar-refractivity contribution is 0.0370. The van der Waals surface area contributed by atoms with Crippen LogP contribution in [0.15, 0.2) is 18.5 Å². The number of rotatable bonds is 6. The predicted octanol–water partition coefficient (Wildman–Crippen LogP) is 0.510. The highest BCUT2D eigenvalue weighted by molar-refractivity contribution is 5.60. The molecule has 27 heavy (non-hydrogen) atoms. The van der Waals surface area contributed by atoms with Crippen LogP contribution in [0, 0.1) is 11.3 Å². The standard InChI is InChI=1S/C17H22N8O2/c1-17(2,26)16-13(21-9-12-8-19-3-4-27-12)5-14(24-25-16)23-15-10-20-11(6-18)7-22-15/h5,7,10,12,19,26H,3-4,8-9H2,1-2H3,(H2,21,22,23,24)/t12-/m0/s1. The number of ether oxygens (including phenoxy) is 1. The smallest absolute Gasteiger partial charge is 0.158 e. The first-order valence-corrected chi connectivity index (χ1v) is 8.61. The van der Waals surface area contributed by atoms with Gasteiger partial charge >= 0.3 is 0 Å². The Kier molecular flexibility index (Phi) is 5.75. The molecule has 0 aromatic carbocycles. The van der Waals surface area contributed by atoms with E-state index in [9.17, 15) is 5.11 Å². The van der Waals surface area contributed by atoms with Crippen molar-refractivity contribution in [2.75, 3.05) is 36.9 Å². The predicted molar refractivity (Wildman–Crippen MR) is 98.4 cm³/mol. The van der Waals surface area contributed by atoms with E-state index >= 15 is 0 Å². The number of hydrogen-bond donors (Lipinski definition) is 4. The van der Waals surface area contributed by atoms with E-state index in [1.807, 2.05) is 6.07 Å². The van der Waals surface area contributed by atoms with Crippen molar-refractivity contribution in [2.24, 2.45) is 0 Å². The number of hydrogen-bond acceptors (Lipinski definition) is 10. The Morgan fingerprint density at radius 1 is 1.33 bits per heavy atom. The minimum atomic E-state index is -1.16. The summed E-state index contributed by atoms with van der Waals surface area (Å²) in [5.41, 5.74) is 0.152. The van der Waals surface area contributed by atoms with Gasteiger partial charge in [0.15, 0.2) is 11.5 Å². The van der Waals surface area contributed by atoms with Gasteiger partial charge in [0.25, 0.3) is 0 Å². The Morgan fingerprint density at radius 3 is 2.81 bits per heavy atom. The Labute approximate surface area is 157 Å². The summed E-state index contributed by atoms with van der Waals surface area (Å²) in [6.45, 7) is 6.15. The van der Waals surface area contributed by atoms with Gasteiger partial charge in [0.1, 0.15) is 23.2 Å². The number of anilines is 3. The molecule has 0 radical (unpaired) electrons. The van der Waals surface area contributed by atoms with Crippen LogP contribution in [0.2, 0.25) is 0 Å². The molecule has 0 saturated carbocycles. The summed E-state index contributed by atoms with van der Waals surface area (Å²) in [6, 6.07) is 3.66. The second kappa shape index (κ2) is 8.22. The summed E-state index contributed by atoms with van der Waals surface area (Å²) >= 11 is 0. The van der Waals surface area contributed by atoms with Gasteiger partial charge in [0, 0.05) is 25.7 Å². The van der Waals surface area contributed by atoms with Crippen molar-refractivity contribution in [1.82, 2.24) is 25.5 Å². The topological polar surface area (TPSA) is 141 Å². The average Bonchev–Trinajstić information content (AvgIpc) is 2.67. The molecule has 0 spiro atoms. The van der Waals surface area contributed by atoms with Crippen molar-refractivity contribution in [3.8, 4) is 6.07 Å². The van der Waals surface area contributed by atoms with Crippen LogP contribution in [0.3, 0.4) is 0 Å². The van der Waals surface area contributed by atoms with E-state index in [1.165, 1.54) is 12.4 Å². The first-order chi connectivity index (χ1) is 13.0. The molecule has 0 aliphatic carbocycles. The van der Waals surface area contributed by atoms with Crippen molar-refractivity contribution >= 4 is 17.3 Å². The minimum absolute atomic E-state index is 0.0300. The molecule has 10 nitrogen and oxygen atoms in total. The minimum Gasteiger partial charge on any atom is -0.384 e. The Balaban J connectivity index is 1.77. The van der Waals surface area contributed by atoms with Gasteiger partial charge in [-0.25, -0.2) is 9.97 Å². The summed E-state index contributed by atoms with van der Waals surface area (Å²) in [5, 5.41) is 37.0. The Hall–Kier alpha value is -2.87. The quantitative estimate of drug-likeness (QED) is 0.568. The fraction of sp³-hybridized carbons (Fsp3) is 0.471. The molecule has 10 heteroatoms. The first kappa shape index (κ1) is 18.9. The van der Waals surface area contributed by atoms with E-state index in [-0.39, 0.29) is 11.8 Å². The molecule has 1 aliphatic heterocycles. The Bertz CT molecular complexity index is 807. The summed E-state index contributed by atoms with van der Waals surface area (Å²) in [4.78, 5) is 8.06. The molecule has 0 amide bonds. The lowest BCUT2D eigenvalue weighted by atomic mass is 10.0. The third-order valence-corrected chi connectivity index (χ3v) is 3.92. The molecular formula is C17H22N8O2. The van der Waals surface area contributed by atoms with E-state index in [1.54, 1.807) is 19.9 Å².